The van der Waals surface area contributed by atoms with Gasteiger partial charge in [-0.05, 0) is 57.8 Å². The van der Waals surface area contributed by atoms with Crippen molar-refractivity contribution in [1.29, 1.82) is 0 Å². The number of benzene rings is 1. The summed E-state index contributed by atoms with van der Waals surface area (Å²) in [5.74, 6) is 1.42. The van der Waals surface area contributed by atoms with Crippen LogP contribution in [0.3, 0.4) is 0 Å². The first-order valence-electron chi connectivity index (χ1n) is 11.4. The van der Waals surface area contributed by atoms with Crippen molar-refractivity contribution in [3.63, 3.8) is 0 Å². The van der Waals surface area contributed by atoms with Crippen molar-refractivity contribution in [3.8, 4) is 0 Å². The molecule has 0 radical (unpaired) electrons. The maximum atomic E-state index is 13.1. The lowest BCUT2D eigenvalue weighted by atomic mass is 10.0. The SMILES string of the molecule is CCOC(C)c1noc(CN2CCCN(CC(=O)N3CCCc4ccccc43)CC2)n1. The van der Waals surface area contributed by atoms with Crippen molar-refractivity contribution in [2.24, 2.45) is 0 Å². The third-order valence-electron chi connectivity index (χ3n) is 6.07. The van der Waals surface area contributed by atoms with Gasteiger partial charge in [-0.15, -0.1) is 0 Å². The van der Waals surface area contributed by atoms with Crippen LogP contribution in [-0.2, 0) is 22.5 Å². The topological polar surface area (TPSA) is 74.9 Å². The Morgan fingerprint density at radius 3 is 2.81 bits per heavy atom. The maximum Gasteiger partial charge on any atom is 0.241 e. The monoisotopic (exact) mass is 427 g/mol. The smallest absolute Gasteiger partial charge is 0.241 e. The molecule has 0 bridgehead atoms. The van der Waals surface area contributed by atoms with Gasteiger partial charge in [0, 0.05) is 31.9 Å². The summed E-state index contributed by atoms with van der Waals surface area (Å²) in [5.41, 5.74) is 2.37. The molecule has 3 heterocycles. The second-order valence-electron chi connectivity index (χ2n) is 8.33. The molecule has 1 saturated heterocycles. The van der Waals surface area contributed by atoms with Crippen LogP contribution in [0.15, 0.2) is 28.8 Å². The summed E-state index contributed by atoms with van der Waals surface area (Å²) in [6.45, 7) is 10.0. The van der Waals surface area contributed by atoms with Crippen molar-refractivity contribution in [2.45, 2.75) is 45.8 Å². The molecule has 0 saturated carbocycles. The second-order valence-corrected chi connectivity index (χ2v) is 8.33. The van der Waals surface area contributed by atoms with E-state index in [-0.39, 0.29) is 12.0 Å². The summed E-state index contributed by atoms with van der Waals surface area (Å²) >= 11 is 0. The summed E-state index contributed by atoms with van der Waals surface area (Å²) < 4.78 is 11.0. The molecular weight excluding hydrogens is 394 g/mol. The Kier molecular flexibility index (Phi) is 7.32. The Bertz CT molecular complexity index is 870. The Hall–Kier alpha value is -2.29. The predicted octanol–water partition coefficient (Wildman–Crippen LogP) is 2.65. The summed E-state index contributed by atoms with van der Waals surface area (Å²) in [6, 6.07) is 8.28. The summed E-state index contributed by atoms with van der Waals surface area (Å²) in [5, 5.41) is 4.05. The number of anilines is 1. The van der Waals surface area contributed by atoms with Gasteiger partial charge in [0.05, 0.1) is 13.1 Å². The quantitative estimate of drug-likeness (QED) is 0.672. The highest BCUT2D eigenvalue weighted by Crippen LogP contribution is 2.27. The number of amides is 1. The molecule has 8 heteroatoms. The molecule has 2 aliphatic heterocycles. The number of rotatable bonds is 7. The zero-order valence-corrected chi connectivity index (χ0v) is 18.6. The van der Waals surface area contributed by atoms with Crippen LogP contribution in [0.2, 0.25) is 0 Å². The lowest BCUT2D eigenvalue weighted by molar-refractivity contribution is -0.119. The van der Waals surface area contributed by atoms with Crippen molar-refractivity contribution in [1.82, 2.24) is 19.9 Å². The van der Waals surface area contributed by atoms with Gasteiger partial charge in [0.2, 0.25) is 11.8 Å². The molecule has 31 heavy (non-hydrogen) atoms. The molecule has 8 nitrogen and oxygen atoms in total. The van der Waals surface area contributed by atoms with Crippen LogP contribution in [0.5, 0.6) is 0 Å². The van der Waals surface area contributed by atoms with Crippen molar-refractivity contribution in [2.75, 3.05) is 50.8 Å². The average Bonchev–Trinajstić information content (AvgIpc) is 3.14. The third kappa shape index (κ3) is 5.50. The van der Waals surface area contributed by atoms with Crippen molar-refractivity contribution >= 4 is 11.6 Å². The van der Waals surface area contributed by atoms with Gasteiger partial charge in [0.25, 0.3) is 0 Å². The number of para-hydroxylation sites is 1. The highest BCUT2D eigenvalue weighted by Gasteiger charge is 2.25. The Morgan fingerprint density at radius 1 is 1.13 bits per heavy atom. The lowest BCUT2D eigenvalue weighted by Crippen LogP contribution is -2.43. The van der Waals surface area contributed by atoms with Gasteiger partial charge >= 0.3 is 0 Å². The van der Waals surface area contributed by atoms with Gasteiger partial charge in [-0.2, -0.15) is 4.98 Å². The normalized spacial score (nSPS) is 19.1. The molecule has 0 aliphatic carbocycles. The van der Waals surface area contributed by atoms with E-state index in [9.17, 15) is 4.79 Å². The lowest BCUT2D eigenvalue weighted by Gasteiger charge is -2.31. The number of fused-ring (bicyclic) bond motifs is 1. The molecule has 4 rings (SSSR count). The molecular formula is C23H33N5O3. The molecule has 2 aromatic rings. The molecule has 0 spiro atoms. The molecule has 1 aromatic heterocycles. The number of carbonyl (C=O) groups excluding carboxylic acids is 1. The van der Waals surface area contributed by atoms with Crippen LogP contribution >= 0.6 is 0 Å². The van der Waals surface area contributed by atoms with E-state index >= 15 is 0 Å². The van der Waals surface area contributed by atoms with E-state index < -0.39 is 0 Å². The molecule has 1 atom stereocenters. The maximum absolute atomic E-state index is 13.1. The number of hydrogen-bond acceptors (Lipinski definition) is 7. The van der Waals surface area contributed by atoms with Crippen LogP contribution in [0.25, 0.3) is 0 Å². The Labute approximate surface area is 184 Å². The molecule has 1 aromatic carbocycles. The number of hydrogen-bond donors (Lipinski definition) is 0. The fourth-order valence-corrected chi connectivity index (χ4v) is 4.42. The second kappa shape index (κ2) is 10.3. The standard InChI is InChI=1S/C23H33N5O3/c1-3-30-18(2)23-24-21(31-25-23)16-26-11-7-12-27(15-14-26)17-22(29)28-13-6-9-19-8-4-5-10-20(19)28/h4-5,8,10,18H,3,6-7,9,11-17H2,1-2H3. The highest BCUT2D eigenvalue weighted by atomic mass is 16.5. The summed E-state index contributed by atoms with van der Waals surface area (Å²) in [7, 11) is 0. The van der Waals surface area contributed by atoms with E-state index in [0.29, 0.717) is 31.4 Å². The van der Waals surface area contributed by atoms with Gasteiger partial charge in [-0.25, -0.2) is 0 Å². The van der Waals surface area contributed by atoms with Gasteiger partial charge < -0.3 is 14.2 Å². The third-order valence-corrected chi connectivity index (χ3v) is 6.07. The molecule has 168 valence electrons. The number of nitrogens with zero attached hydrogens (tertiary/aromatic N) is 5. The van der Waals surface area contributed by atoms with E-state index in [1.54, 1.807) is 0 Å². The van der Waals surface area contributed by atoms with Gasteiger partial charge in [-0.3, -0.25) is 14.6 Å². The predicted molar refractivity (Wildman–Crippen MR) is 118 cm³/mol. The van der Waals surface area contributed by atoms with E-state index in [2.05, 4.69) is 38.1 Å². The fourth-order valence-electron chi connectivity index (χ4n) is 4.42. The number of aryl methyl sites for hydroxylation is 1. The zero-order chi connectivity index (χ0) is 21.6. The van der Waals surface area contributed by atoms with Crippen LogP contribution in [0, 0.1) is 0 Å². The van der Waals surface area contributed by atoms with Crippen LogP contribution in [0.1, 0.15) is 50.1 Å². The van der Waals surface area contributed by atoms with Crippen LogP contribution < -0.4 is 4.90 Å². The number of aromatic nitrogens is 2. The molecule has 2 aliphatic rings. The summed E-state index contributed by atoms with van der Waals surface area (Å²) in [6.07, 6.45) is 2.94. The minimum absolute atomic E-state index is 0.159. The first kappa shape index (κ1) is 21.9. The van der Waals surface area contributed by atoms with E-state index in [4.69, 9.17) is 9.26 Å². The van der Waals surface area contributed by atoms with E-state index in [1.807, 2.05) is 24.8 Å². The first-order chi connectivity index (χ1) is 15.1. The average molecular weight is 428 g/mol. The van der Waals surface area contributed by atoms with Crippen molar-refractivity contribution < 1.29 is 14.1 Å². The molecule has 1 fully saturated rings. The number of ether oxygens (including phenoxy) is 1. The minimum Gasteiger partial charge on any atom is -0.371 e. The molecule has 0 N–H and O–H groups in total. The Morgan fingerprint density at radius 2 is 1.94 bits per heavy atom. The van der Waals surface area contributed by atoms with Crippen LogP contribution in [0.4, 0.5) is 5.69 Å². The molecule has 1 amide bonds. The van der Waals surface area contributed by atoms with E-state index in [1.165, 1.54) is 5.56 Å². The first-order valence-corrected chi connectivity index (χ1v) is 11.4. The van der Waals surface area contributed by atoms with Crippen molar-refractivity contribution in [3.05, 3.63) is 41.5 Å². The minimum atomic E-state index is -0.159. The van der Waals surface area contributed by atoms with Gasteiger partial charge in [0.15, 0.2) is 5.82 Å². The zero-order valence-electron chi connectivity index (χ0n) is 18.6. The van der Waals surface area contributed by atoms with Crippen LogP contribution in [-0.4, -0.2) is 71.7 Å². The Balaban J connectivity index is 1.29. The fraction of sp³-hybridized carbons (Fsp3) is 0.609. The number of carbonyl (C=O) groups is 1. The van der Waals surface area contributed by atoms with Gasteiger partial charge in [-0.1, -0.05) is 23.4 Å². The molecule has 1 unspecified atom stereocenters. The van der Waals surface area contributed by atoms with Gasteiger partial charge in [0.1, 0.15) is 6.10 Å². The highest BCUT2D eigenvalue weighted by molar-refractivity contribution is 5.95. The summed E-state index contributed by atoms with van der Waals surface area (Å²) in [4.78, 5) is 24.1. The largest absolute Gasteiger partial charge is 0.371 e. The van der Waals surface area contributed by atoms with E-state index in [0.717, 1.165) is 57.7 Å².